The Labute approximate surface area is 115 Å². The topological polar surface area (TPSA) is 23.5 Å². The highest BCUT2D eigenvalue weighted by molar-refractivity contribution is 5.49. The van der Waals surface area contributed by atoms with Crippen LogP contribution in [0.2, 0.25) is 0 Å². The highest BCUT2D eigenvalue weighted by Gasteiger charge is 2.21. The van der Waals surface area contributed by atoms with Gasteiger partial charge in [0.15, 0.2) is 0 Å². The van der Waals surface area contributed by atoms with Gasteiger partial charge in [0.2, 0.25) is 0 Å². The first-order valence-corrected chi connectivity index (χ1v) is 7.26. The van der Waals surface area contributed by atoms with E-state index in [-0.39, 0.29) is 12.4 Å². The standard InChI is InChI=1S/C16H24FNO/c1-12(2)14-4-3-8-18(9-7-14)16-6-5-13(11-19)10-15(16)17/h5-6,10,12,14,19H,3-4,7-9,11H2,1-2H3. The minimum atomic E-state index is -0.213. The molecular weight excluding hydrogens is 241 g/mol. The van der Waals surface area contributed by atoms with Crippen molar-refractivity contribution in [3.8, 4) is 0 Å². The second-order valence-electron chi connectivity index (χ2n) is 5.87. The molecule has 0 radical (unpaired) electrons. The lowest BCUT2D eigenvalue weighted by Crippen LogP contribution is -2.25. The zero-order valence-corrected chi connectivity index (χ0v) is 11.9. The fourth-order valence-corrected chi connectivity index (χ4v) is 2.93. The molecule has 1 aromatic carbocycles. The van der Waals surface area contributed by atoms with Crippen LogP contribution < -0.4 is 4.90 Å². The van der Waals surface area contributed by atoms with Gasteiger partial charge in [-0.3, -0.25) is 0 Å². The number of benzene rings is 1. The van der Waals surface area contributed by atoms with Crippen molar-refractivity contribution >= 4 is 5.69 Å². The fraction of sp³-hybridized carbons (Fsp3) is 0.625. The van der Waals surface area contributed by atoms with Crippen LogP contribution in [0.15, 0.2) is 18.2 Å². The molecule has 106 valence electrons. The molecule has 1 atom stereocenters. The number of rotatable bonds is 3. The van der Waals surface area contributed by atoms with Gasteiger partial charge in [0, 0.05) is 13.1 Å². The number of hydrogen-bond donors (Lipinski definition) is 1. The number of aliphatic hydroxyl groups excluding tert-OH is 1. The molecule has 2 rings (SSSR count). The molecule has 0 aliphatic carbocycles. The van der Waals surface area contributed by atoms with E-state index in [1.165, 1.54) is 12.5 Å². The quantitative estimate of drug-likeness (QED) is 0.903. The highest BCUT2D eigenvalue weighted by atomic mass is 19.1. The predicted octanol–water partition coefficient (Wildman–Crippen LogP) is 3.58. The molecule has 0 bridgehead atoms. The summed E-state index contributed by atoms with van der Waals surface area (Å²) in [5.74, 6) is 1.25. The smallest absolute Gasteiger partial charge is 0.146 e. The first-order chi connectivity index (χ1) is 9.11. The van der Waals surface area contributed by atoms with E-state index in [4.69, 9.17) is 5.11 Å². The molecule has 1 N–H and O–H groups in total. The second-order valence-corrected chi connectivity index (χ2v) is 5.87. The lowest BCUT2D eigenvalue weighted by molar-refractivity contribution is 0.281. The van der Waals surface area contributed by atoms with Crippen LogP contribution in [0.5, 0.6) is 0 Å². The van der Waals surface area contributed by atoms with Crippen molar-refractivity contribution in [2.75, 3.05) is 18.0 Å². The Morgan fingerprint density at radius 3 is 2.74 bits per heavy atom. The van der Waals surface area contributed by atoms with Crippen molar-refractivity contribution in [2.24, 2.45) is 11.8 Å². The lowest BCUT2D eigenvalue weighted by atomic mass is 9.89. The van der Waals surface area contributed by atoms with Crippen LogP contribution in [0, 0.1) is 17.7 Å². The monoisotopic (exact) mass is 265 g/mol. The minimum absolute atomic E-state index is 0.105. The maximum atomic E-state index is 14.1. The first-order valence-electron chi connectivity index (χ1n) is 7.26. The third kappa shape index (κ3) is 3.47. The lowest BCUT2D eigenvalue weighted by Gasteiger charge is -2.24. The van der Waals surface area contributed by atoms with Gasteiger partial charge in [0.1, 0.15) is 5.82 Å². The molecule has 0 amide bonds. The Balaban J connectivity index is 2.10. The Bertz CT molecular complexity index is 419. The Hall–Kier alpha value is -1.09. The Morgan fingerprint density at radius 1 is 1.32 bits per heavy atom. The molecule has 1 fully saturated rings. The molecule has 1 aliphatic rings. The normalized spacial score (nSPS) is 20.7. The summed E-state index contributed by atoms with van der Waals surface area (Å²) in [6, 6.07) is 5.06. The van der Waals surface area contributed by atoms with Gasteiger partial charge in [-0.15, -0.1) is 0 Å². The summed E-state index contributed by atoms with van der Waals surface area (Å²) in [6.07, 6.45) is 3.51. The van der Waals surface area contributed by atoms with Crippen LogP contribution in [-0.2, 0) is 6.61 Å². The predicted molar refractivity (Wildman–Crippen MR) is 76.7 cm³/mol. The van der Waals surface area contributed by atoms with Gasteiger partial charge in [0.05, 0.1) is 12.3 Å². The zero-order valence-electron chi connectivity index (χ0n) is 11.9. The minimum Gasteiger partial charge on any atom is -0.392 e. The summed E-state index contributed by atoms with van der Waals surface area (Å²) >= 11 is 0. The summed E-state index contributed by atoms with van der Waals surface area (Å²) in [7, 11) is 0. The van der Waals surface area contributed by atoms with E-state index in [0.29, 0.717) is 17.2 Å². The van der Waals surface area contributed by atoms with Crippen LogP contribution in [-0.4, -0.2) is 18.2 Å². The van der Waals surface area contributed by atoms with E-state index in [1.807, 2.05) is 6.07 Å². The second kappa shape index (κ2) is 6.38. The van der Waals surface area contributed by atoms with Crippen LogP contribution >= 0.6 is 0 Å². The van der Waals surface area contributed by atoms with E-state index < -0.39 is 0 Å². The van der Waals surface area contributed by atoms with Crippen LogP contribution in [0.1, 0.15) is 38.7 Å². The van der Waals surface area contributed by atoms with E-state index in [1.54, 1.807) is 6.07 Å². The molecule has 1 saturated heterocycles. The van der Waals surface area contributed by atoms with E-state index >= 15 is 0 Å². The van der Waals surface area contributed by atoms with E-state index in [0.717, 1.165) is 31.8 Å². The maximum absolute atomic E-state index is 14.1. The van der Waals surface area contributed by atoms with Crippen molar-refractivity contribution in [1.29, 1.82) is 0 Å². The van der Waals surface area contributed by atoms with E-state index in [2.05, 4.69) is 18.7 Å². The Morgan fingerprint density at radius 2 is 2.11 bits per heavy atom. The summed E-state index contributed by atoms with van der Waals surface area (Å²) < 4.78 is 14.1. The van der Waals surface area contributed by atoms with Crippen molar-refractivity contribution in [1.82, 2.24) is 0 Å². The summed E-state index contributed by atoms with van der Waals surface area (Å²) in [5, 5.41) is 9.02. The molecule has 1 aromatic rings. The van der Waals surface area contributed by atoms with Gasteiger partial charge in [0.25, 0.3) is 0 Å². The average molecular weight is 265 g/mol. The number of halogens is 1. The van der Waals surface area contributed by atoms with Crippen molar-refractivity contribution in [3.63, 3.8) is 0 Å². The molecule has 0 saturated carbocycles. The molecule has 1 unspecified atom stereocenters. The fourth-order valence-electron chi connectivity index (χ4n) is 2.93. The SMILES string of the molecule is CC(C)C1CCCN(c2ccc(CO)cc2F)CC1. The van der Waals surface area contributed by atoms with Crippen molar-refractivity contribution in [3.05, 3.63) is 29.6 Å². The van der Waals surface area contributed by atoms with Gasteiger partial charge in [-0.25, -0.2) is 4.39 Å². The van der Waals surface area contributed by atoms with Gasteiger partial charge in [-0.2, -0.15) is 0 Å². The number of aliphatic hydroxyl groups is 1. The third-order valence-electron chi connectivity index (χ3n) is 4.25. The molecule has 2 nitrogen and oxygen atoms in total. The molecule has 0 aromatic heterocycles. The average Bonchev–Trinajstić information content (AvgIpc) is 2.64. The van der Waals surface area contributed by atoms with E-state index in [9.17, 15) is 4.39 Å². The van der Waals surface area contributed by atoms with Crippen molar-refractivity contribution in [2.45, 2.75) is 39.7 Å². The van der Waals surface area contributed by atoms with Gasteiger partial charge < -0.3 is 10.0 Å². The Kier molecular flexibility index (Phi) is 4.81. The highest BCUT2D eigenvalue weighted by Crippen LogP contribution is 2.28. The van der Waals surface area contributed by atoms with Gasteiger partial charge in [-0.1, -0.05) is 19.9 Å². The molecule has 0 spiro atoms. The first kappa shape index (κ1) is 14.3. The number of nitrogens with zero attached hydrogens (tertiary/aromatic N) is 1. The maximum Gasteiger partial charge on any atom is 0.146 e. The van der Waals surface area contributed by atoms with Crippen molar-refractivity contribution < 1.29 is 9.50 Å². The molecular formula is C16H24FNO. The van der Waals surface area contributed by atoms with Crippen LogP contribution in [0.25, 0.3) is 0 Å². The van der Waals surface area contributed by atoms with Crippen LogP contribution in [0.4, 0.5) is 10.1 Å². The molecule has 1 aliphatic heterocycles. The molecule has 1 heterocycles. The summed E-state index contributed by atoms with van der Waals surface area (Å²) in [4.78, 5) is 2.15. The molecule has 19 heavy (non-hydrogen) atoms. The summed E-state index contributed by atoms with van der Waals surface area (Å²) in [6.45, 7) is 6.30. The largest absolute Gasteiger partial charge is 0.392 e. The number of anilines is 1. The number of hydrogen-bond acceptors (Lipinski definition) is 2. The summed E-state index contributed by atoms with van der Waals surface area (Å²) in [5.41, 5.74) is 1.32. The third-order valence-corrected chi connectivity index (χ3v) is 4.25. The van der Waals surface area contributed by atoms with Crippen LogP contribution in [0.3, 0.4) is 0 Å². The molecule has 3 heteroatoms. The van der Waals surface area contributed by atoms with Gasteiger partial charge >= 0.3 is 0 Å². The zero-order chi connectivity index (χ0) is 13.8. The van der Waals surface area contributed by atoms with Gasteiger partial charge in [-0.05, 0) is 48.8 Å².